The molecular formula is C21H22ClF3N2O3S. The minimum Gasteiger partial charge on any atom is -0.349 e. The average molecular weight is 475 g/mol. The minimum absolute atomic E-state index is 0.0577. The number of hydrogen-bond donors (Lipinski definition) is 1. The summed E-state index contributed by atoms with van der Waals surface area (Å²) < 4.78 is 65.5. The third-order valence-electron chi connectivity index (χ3n) is 5.33. The van der Waals surface area contributed by atoms with Crippen LogP contribution in [-0.4, -0.2) is 31.7 Å². The van der Waals surface area contributed by atoms with Crippen molar-refractivity contribution in [1.29, 1.82) is 0 Å². The number of piperidine rings is 1. The van der Waals surface area contributed by atoms with Gasteiger partial charge < -0.3 is 5.32 Å². The van der Waals surface area contributed by atoms with E-state index in [1.54, 1.807) is 18.2 Å². The Bertz CT molecular complexity index is 1050. The van der Waals surface area contributed by atoms with Gasteiger partial charge in [0.25, 0.3) is 0 Å². The highest BCUT2D eigenvalue weighted by Crippen LogP contribution is 2.32. The third-order valence-corrected chi connectivity index (χ3v) is 7.46. The Balaban J connectivity index is 1.63. The van der Waals surface area contributed by atoms with Crippen LogP contribution in [0.3, 0.4) is 0 Å². The summed E-state index contributed by atoms with van der Waals surface area (Å²) in [6.45, 7) is 1.95. The van der Waals surface area contributed by atoms with Crippen molar-refractivity contribution in [2.24, 2.45) is 5.92 Å². The van der Waals surface area contributed by atoms with Crippen molar-refractivity contribution >= 4 is 27.5 Å². The number of hydrogen-bond acceptors (Lipinski definition) is 3. The molecule has 0 radical (unpaired) electrons. The second-order valence-corrected chi connectivity index (χ2v) is 9.86. The molecule has 1 amide bonds. The molecule has 1 aliphatic heterocycles. The molecular weight excluding hydrogens is 453 g/mol. The number of benzene rings is 2. The zero-order valence-corrected chi connectivity index (χ0v) is 18.3. The van der Waals surface area contributed by atoms with Crippen molar-refractivity contribution in [3.05, 3.63) is 64.7 Å². The second kappa shape index (κ2) is 9.18. The molecule has 5 nitrogen and oxygen atoms in total. The van der Waals surface area contributed by atoms with Crippen LogP contribution in [0.1, 0.15) is 36.9 Å². The Kier molecular flexibility index (Phi) is 6.98. The number of nitrogens with zero attached hydrogens (tertiary/aromatic N) is 1. The van der Waals surface area contributed by atoms with Crippen molar-refractivity contribution in [1.82, 2.24) is 9.62 Å². The van der Waals surface area contributed by atoms with Crippen molar-refractivity contribution in [3.63, 3.8) is 0 Å². The van der Waals surface area contributed by atoms with Crippen LogP contribution in [-0.2, 0) is 21.0 Å². The van der Waals surface area contributed by atoms with Gasteiger partial charge in [0, 0.05) is 24.0 Å². The van der Waals surface area contributed by atoms with Gasteiger partial charge in [-0.15, -0.1) is 0 Å². The number of amides is 1. The standard InChI is InChI=1S/C21H22ClF3N2O3S/c1-14(16-4-2-6-18(22)12-16)26-20(28)15-8-10-27(11-9-15)31(29,30)19-7-3-5-17(13-19)21(23,24)25/h2-7,12-15H,8-11H2,1H3,(H,26,28). The normalized spacial score (nSPS) is 17.3. The molecule has 10 heteroatoms. The van der Waals surface area contributed by atoms with Crippen molar-refractivity contribution < 1.29 is 26.4 Å². The lowest BCUT2D eigenvalue weighted by atomic mass is 9.96. The lowest BCUT2D eigenvalue weighted by Crippen LogP contribution is -2.43. The maximum Gasteiger partial charge on any atom is 0.416 e. The molecule has 3 rings (SSSR count). The molecule has 0 aliphatic carbocycles. The van der Waals surface area contributed by atoms with Gasteiger partial charge in [-0.05, 0) is 55.7 Å². The van der Waals surface area contributed by atoms with Crippen LogP contribution in [0.4, 0.5) is 13.2 Å². The first-order valence-corrected chi connectivity index (χ1v) is 11.5. The largest absolute Gasteiger partial charge is 0.416 e. The van der Waals surface area contributed by atoms with Crippen LogP contribution >= 0.6 is 11.6 Å². The van der Waals surface area contributed by atoms with Gasteiger partial charge in [0.05, 0.1) is 16.5 Å². The SMILES string of the molecule is CC(NC(=O)C1CCN(S(=O)(=O)c2cccc(C(F)(F)F)c2)CC1)c1cccc(Cl)c1. The van der Waals surface area contributed by atoms with Gasteiger partial charge in [-0.2, -0.15) is 17.5 Å². The average Bonchev–Trinajstić information content (AvgIpc) is 2.73. The summed E-state index contributed by atoms with van der Waals surface area (Å²) in [5, 5.41) is 3.47. The van der Waals surface area contributed by atoms with Gasteiger partial charge in [0.2, 0.25) is 15.9 Å². The van der Waals surface area contributed by atoms with Crippen molar-refractivity contribution in [2.75, 3.05) is 13.1 Å². The van der Waals surface area contributed by atoms with Gasteiger partial charge in [0.15, 0.2) is 0 Å². The lowest BCUT2D eigenvalue weighted by molar-refractivity contribution is -0.137. The molecule has 168 valence electrons. The van der Waals surface area contributed by atoms with E-state index in [0.29, 0.717) is 11.1 Å². The van der Waals surface area contributed by atoms with Crippen LogP contribution < -0.4 is 5.32 Å². The number of sulfonamides is 1. The van der Waals surface area contributed by atoms with E-state index in [2.05, 4.69) is 5.32 Å². The summed E-state index contributed by atoms with van der Waals surface area (Å²) in [5.41, 5.74) is -0.164. The van der Waals surface area contributed by atoms with Gasteiger partial charge in [-0.3, -0.25) is 4.79 Å². The Morgan fingerprint density at radius 2 is 1.77 bits per heavy atom. The van der Waals surface area contributed by atoms with E-state index in [9.17, 15) is 26.4 Å². The number of halogens is 4. The van der Waals surface area contributed by atoms with Crippen LogP contribution in [0.25, 0.3) is 0 Å². The second-order valence-electron chi connectivity index (χ2n) is 7.49. The molecule has 31 heavy (non-hydrogen) atoms. The Morgan fingerprint density at radius 3 is 2.39 bits per heavy atom. The molecule has 1 saturated heterocycles. The van der Waals surface area contributed by atoms with Gasteiger partial charge in [-0.1, -0.05) is 29.8 Å². The Morgan fingerprint density at radius 1 is 1.13 bits per heavy atom. The molecule has 1 aliphatic rings. The topological polar surface area (TPSA) is 66.5 Å². The monoisotopic (exact) mass is 474 g/mol. The predicted molar refractivity (Wildman–Crippen MR) is 111 cm³/mol. The quantitative estimate of drug-likeness (QED) is 0.686. The molecule has 1 unspecified atom stereocenters. The number of nitrogens with one attached hydrogen (secondary N) is 1. The maximum absolute atomic E-state index is 12.9. The summed E-state index contributed by atoms with van der Waals surface area (Å²) >= 11 is 5.98. The fourth-order valence-corrected chi connectivity index (χ4v) is 5.25. The van der Waals surface area contributed by atoms with E-state index >= 15 is 0 Å². The number of carbonyl (C=O) groups is 1. The highest BCUT2D eigenvalue weighted by Gasteiger charge is 2.35. The molecule has 1 fully saturated rings. The molecule has 0 bridgehead atoms. The lowest BCUT2D eigenvalue weighted by Gasteiger charge is -2.31. The van der Waals surface area contributed by atoms with Crippen molar-refractivity contribution in [2.45, 2.75) is 36.9 Å². The molecule has 1 atom stereocenters. The smallest absolute Gasteiger partial charge is 0.349 e. The number of carbonyl (C=O) groups excluding carboxylic acids is 1. The van der Waals surface area contributed by atoms with E-state index < -0.39 is 26.7 Å². The molecule has 2 aromatic rings. The Hall–Kier alpha value is -2.10. The number of rotatable bonds is 5. The van der Waals surface area contributed by atoms with Crippen LogP contribution in [0, 0.1) is 5.92 Å². The van der Waals surface area contributed by atoms with Crippen LogP contribution in [0.5, 0.6) is 0 Å². The fraction of sp³-hybridized carbons (Fsp3) is 0.381. The molecule has 2 aromatic carbocycles. The first-order valence-electron chi connectivity index (χ1n) is 9.72. The molecule has 0 saturated carbocycles. The summed E-state index contributed by atoms with van der Waals surface area (Å²) in [6.07, 6.45) is -4.06. The van der Waals surface area contributed by atoms with Crippen molar-refractivity contribution in [3.8, 4) is 0 Å². The Labute approximate surface area is 184 Å². The molecule has 1 heterocycles. The zero-order chi connectivity index (χ0) is 22.8. The van der Waals surface area contributed by atoms with E-state index in [-0.39, 0.29) is 43.8 Å². The highest BCUT2D eigenvalue weighted by molar-refractivity contribution is 7.89. The molecule has 1 N–H and O–H groups in total. The van der Waals surface area contributed by atoms with Gasteiger partial charge in [-0.25, -0.2) is 8.42 Å². The van der Waals surface area contributed by atoms with Crippen LogP contribution in [0.15, 0.2) is 53.4 Å². The maximum atomic E-state index is 12.9. The summed E-state index contributed by atoms with van der Waals surface area (Å²) in [4.78, 5) is 12.2. The highest BCUT2D eigenvalue weighted by atomic mass is 35.5. The number of alkyl halides is 3. The van der Waals surface area contributed by atoms with E-state index in [0.717, 1.165) is 28.1 Å². The summed E-state index contributed by atoms with van der Waals surface area (Å²) in [6, 6.07) is 10.6. The van der Waals surface area contributed by atoms with Crippen LogP contribution in [0.2, 0.25) is 5.02 Å². The molecule has 0 aromatic heterocycles. The van der Waals surface area contributed by atoms with E-state index in [1.807, 2.05) is 13.0 Å². The van der Waals surface area contributed by atoms with Gasteiger partial charge >= 0.3 is 6.18 Å². The first kappa shape index (κ1) is 23.6. The minimum atomic E-state index is -4.63. The predicted octanol–water partition coefficient (Wildman–Crippen LogP) is 4.64. The van der Waals surface area contributed by atoms with E-state index in [4.69, 9.17) is 11.6 Å². The zero-order valence-electron chi connectivity index (χ0n) is 16.7. The third kappa shape index (κ3) is 5.58. The first-order chi connectivity index (χ1) is 14.5. The molecule has 0 spiro atoms. The van der Waals surface area contributed by atoms with E-state index in [1.165, 1.54) is 0 Å². The van der Waals surface area contributed by atoms with Gasteiger partial charge in [0.1, 0.15) is 0 Å². The fourth-order valence-electron chi connectivity index (χ4n) is 3.53. The summed E-state index contributed by atoms with van der Waals surface area (Å²) in [7, 11) is -4.08. The summed E-state index contributed by atoms with van der Waals surface area (Å²) in [5.74, 6) is -0.571.